The van der Waals surface area contributed by atoms with Crippen LogP contribution in [0.1, 0.15) is 5.56 Å². The van der Waals surface area contributed by atoms with E-state index in [-0.39, 0.29) is 0 Å². The smallest absolute Gasteiger partial charge is 0.218 e. The maximum Gasteiger partial charge on any atom is 0.218 e. The monoisotopic (exact) mass is 264 g/mol. The van der Waals surface area contributed by atoms with Gasteiger partial charge in [-0.05, 0) is 12.1 Å². The standard InChI is InChI=1S/C14H8N4S/c15-8-10-1-2-11-12(9-19-13(11)7-10)18-6-5-17-4-3-16-14(17)18/h1-7,9H. The number of fused-ring (bicyclic) bond motifs is 2. The highest BCUT2D eigenvalue weighted by atomic mass is 32.1. The highest BCUT2D eigenvalue weighted by Gasteiger charge is 2.10. The third-order valence-corrected chi connectivity index (χ3v) is 4.12. The summed E-state index contributed by atoms with van der Waals surface area (Å²) in [7, 11) is 0. The van der Waals surface area contributed by atoms with E-state index >= 15 is 0 Å². The largest absolute Gasteiger partial charge is 0.291 e. The molecule has 0 atom stereocenters. The second kappa shape index (κ2) is 3.70. The second-order valence-electron chi connectivity index (χ2n) is 4.25. The van der Waals surface area contributed by atoms with Gasteiger partial charge in [0, 0.05) is 40.3 Å². The lowest BCUT2D eigenvalue weighted by atomic mass is 10.2. The third-order valence-electron chi connectivity index (χ3n) is 3.18. The van der Waals surface area contributed by atoms with E-state index in [1.807, 2.05) is 41.2 Å². The molecule has 0 spiro atoms. The molecule has 4 nitrogen and oxygen atoms in total. The summed E-state index contributed by atoms with van der Waals surface area (Å²) in [5, 5.41) is 12.2. The van der Waals surface area contributed by atoms with Gasteiger partial charge in [-0.2, -0.15) is 5.26 Å². The predicted molar refractivity (Wildman–Crippen MR) is 74.6 cm³/mol. The Kier molecular flexibility index (Phi) is 2.02. The van der Waals surface area contributed by atoms with Gasteiger partial charge in [-0.15, -0.1) is 11.3 Å². The molecule has 3 aromatic heterocycles. The molecule has 0 aliphatic rings. The molecule has 0 radical (unpaired) electrons. The highest BCUT2D eigenvalue weighted by molar-refractivity contribution is 7.17. The normalized spacial score (nSPS) is 11.1. The zero-order valence-corrected chi connectivity index (χ0v) is 10.6. The number of nitrogens with zero attached hydrogens (tertiary/aromatic N) is 4. The van der Waals surface area contributed by atoms with Gasteiger partial charge in [0.05, 0.1) is 17.3 Å². The topological polar surface area (TPSA) is 46.0 Å². The molecule has 19 heavy (non-hydrogen) atoms. The molecule has 0 fully saturated rings. The third kappa shape index (κ3) is 1.41. The molecular formula is C14H8N4S. The van der Waals surface area contributed by atoms with E-state index in [9.17, 15) is 0 Å². The van der Waals surface area contributed by atoms with Gasteiger partial charge < -0.3 is 0 Å². The summed E-state index contributed by atoms with van der Waals surface area (Å²) in [5.74, 6) is 0.893. The van der Waals surface area contributed by atoms with E-state index in [0.29, 0.717) is 5.56 Å². The Labute approximate surface area is 112 Å². The first-order valence-corrected chi connectivity index (χ1v) is 6.66. The summed E-state index contributed by atoms with van der Waals surface area (Å²) in [6, 6.07) is 7.95. The summed E-state index contributed by atoms with van der Waals surface area (Å²) in [5.41, 5.74) is 1.80. The molecule has 0 aliphatic heterocycles. The Balaban J connectivity index is 2.02. The highest BCUT2D eigenvalue weighted by Crippen LogP contribution is 2.30. The number of hydrogen-bond donors (Lipinski definition) is 0. The molecular weight excluding hydrogens is 256 g/mol. The van der Waals surface area contributed by atoms with E-state index in [4.69, 9.17) is 5.26 Å². The van der Waals surface area contributed by atoms with Crippen molar-refractivity contribution < 1.29 is 0 Å². The van der Waals surface area contributed by atoms with Crippen molar-refractivity contribution in [3.8, 4) is 11.8 Å². The fraction of sp³-hybridized carbons (Fsp3) is 0. The average Bonchev–Trinajstić information content (AvgIpc) is 3.11. The molecule has 4 rings (SSSR count). The molecule has 3 heterocycles. The van der Waals surface area contributed by atoms with Crippen LogP contribution in [0.3, 0.4) is 0 Å². The van der Waals surface area contributed by atoms with E-state index < -0.39 is 0 Å². The minimum Gasteiger partial charge on any atom is -0.291 e. The van der Waals surface area contributed by atoms with Gasteiger partial charge >= 0.3 is 0 Å². The predicted octanol–water partition coefficient (Wildman–Crippen LogP) is 3.21. The molecule has 90 valence electrons. The Morgan fingerprint density at radius 3 is 3.05 bits per heavy atom. The Bertz CT molecular complexity index is 935. The van der Waals surface area contributed by atoms with Crippen molar-refractivity contribution in [3.63, 3.8) is 0 Å². The number of rotatable bonds is 1. The zero-order valence-electron chi connectivity index (χ0n) is 9.82. The van der Waals surface area contributed by atoms with Crippen molar-refractivity contribution in [1.29, 1.82) is 5.26 Å². The summed E-state index contributed by atoms with van der Waals surface area (Å²) in [6.45, 7) is 0. The second-order valence-corrected chi connectivity index (χ2v) is 5.16. The molecule has 5 heteroatoms. The van der Waals surface area contributed by atoms with Gasteiger partial charge in [-0.1, -0.05) is 6.07 Å². The van der Waals surface area contributed by atoms with Crippen LogP contribution in [-0.2, 0) is 0 Å². The van der Waals surface area contributed by atoms with Gasteiger partial charge in [0.1, 0.15) is 0 Å². The minimum absolute atomic E-state index is 0.694. The van der Waals surface area contributed by atoms with Crippen LogP contribution in [-0.4, -0.2) is 14.0 Å². The molecule has 4 aromatic rings. The summed E-state index contributed by atoms with van der Waals surface area (Å²) < 4.78 is 5.16. The lowest BCUT2D eigenvalue weighted by Crippen LogP contribution is -1.91. The van der Waals surface area contributed by atoms with Crippen LogP contribution in [0.4, 0.5) is 0 Å². The molecule has 0 bridgehead atoms. The summed E-state index contributed by atoms with van der Waals surface area (Å²) in [4.78, 5) is 4.35. The van der Waals surface area contributed by atoms with Crippen LogP contribution in [0.5, 0.6) is 0 Å². The molecule has 1 aromatic carbocycles. The zero-order chi connectivity index (χ0) is 12.8. The Morgan fingerprint density at radius 2 is 2.16 bits per heavy atom. The minimum atomic E-state index is 0.694. The number of nitriles is 1. The van der Waals surface area contributed by atoms with Crippen LogP contribution in [0.2, 0.25) is 0 Å². The van der Waals surface area contributed by atoms with Crippen molar-refractivity contribution in [2.45, 2.75) is 0 Å². The van der Waals surface area contributed by atoms with Crippen LogP contribution >= 0.6 is 11.3 Å². The lowest BCUT2D eigenvalue weighted by molar-refractivity contribution is 1.09. The average molecular weight is 264 g/mol. The molecule has 0 unspecified atom stereocenters. The van der Waals surface area contributed by atoms with Crippen LogP contribution in [0.15, 0.2) is 48.4 Å². The van der Waals surface area contributed by atoms with Crippen molar-refractivity contribution in [2.75, 3.05) is 0 Å². The fourth-order valence-electron chi connectivity index (χ4n) is 2.27. The summed E-state index contributed by atoms with van der Waals surface area (Å²) in [6.07, 6.45) is 7.69. The fourth-order valence-corrected chi connectivity index (χ4v) is 3.25. The van der Waals surface area contributed by atoms with Gasteiger partial charge in [0.2, 0.25) is 5.78 Å². The SMILES string of the molecule is N#Cc1ccc2c(-n3ccn4ccnc34)csc2c1. The van der Waals surface area contributed by atoms with Gasteiger partial charge in [-0.25, -0.2) is 4.98 Å². The van der Waals surface area contributed by atoms with E-state index in [1.165, 1.54) is 0 Å². The molecule has 0 saturated carbocycles. The first-order chi connectivity index (χ1) is 9.36. The van der Waals surface area contributed by atoms with Crippen LogP contribution in [0, 0.1) is 11.3 Å². The van der Waals surface area contributed by atoms with Gasteiger partial charge in [-0.3, -0.25) is 8.97 Å². The summed E-state index contributed by atoms with van der Waals surface area (Å²) >= 11 is 1.64. The number of hydrogen-bond acceptors (Lipinski definition) is 3. The van der Waals surface area contributed by atoms with E-state index in [2.05, 4.69) is 21.0 Å². The quantitative estimate of drug-likeness (QED) is 0.530. The molecule has 0 aliphatic carbocycles. The van der Waals surface area contributed by atoms with Crippen molar-refractivity contribution in [1.82, 2.24) is 14.0 Å². The maximum atomic E-state index is 8.94. The Morgan fingerprint density at radius 1 is 1.21 bits per heavy atom. The van der Waals surface area contributed by atoms with Gasteiger partial charge in [0.15, 0.2) is 0 Å². The van der Waals surface area contributed by atoms with E-state index in [0.717, 1.165) is 21.6 Å². The van der Waals surface area contributed by atoms with Crippen LogP contribution < -0.4 is 0 Å². The first-order valence-electron chi connectivity index (χ1n) is 5.78. The van der Waals surface area contributed by atoms with Gasteiger partial charge in [0.25, 0.3) is 0 Å². The molecule has 0 N–H and O–H groups in total. The first kappa shape index (κ1) is 10.4. The van der Waals surface area contributed by atoms with Crippen LogP contribution in [0.25, 0.3) is 21.6 Å². The number of imidazole rings is 2. The van der Waals surface area contributed by atoms with Crippen molar-refractivity contribution in [2.24, 2.45) is 0 Å². The molecule has 0 amide bonds. The Hall–Kier alpha value is -2.58. The molecule has 0 saturated heterocycles. The van der Waals surface area contributed by atoms with E-state index in [1.54, 1.807) is 17.5 Å². The number of thiophene rings is 1. The van der Waals surface area contributed by atoms with Crippen molar-refractivity contribution in [3.05, 3.63) is 53.9 Å². The number of aromatic nitrogens is 3. The maximum absolute atomic E-state index is 8.94. The lowest BCUT2D eigenvalue weighted by Gasteiger charge is -2.00. The van der Waals surface area contributed by atoms with Crippen molar-refractivity contribution >= 4 is 27.2 Å². The number of benzene rings is 1.